The molecule has 0 N–H and O–H groups in total. The molecule has 0 rings (SSSR count). The molecule has 0 saturated heterocycles. The van der Waals surface area contributed by atoms with Crippen molar-refractivity contribution in [3.8, 4) is 0 Å². The first-order chi connectivity index (χ1) is 17.8. The second-order valence-electron chi connectivity index (χ2n) is 7.61. The summed E-state index contributed by atoms with van der Waals surface area (Å²) < 4.78 is 346. The van der Waals surface area contributed by atoms with Gasteiger partial charge in [0.2, 0.25) is 6.17 Å². The van der Waals surface area contributed by atoms with E-state index in [1.165, 1.54) is 0 Å². The van der Waals surface area contributed by atoms with Crippen LogP contribution >= 0.6 is 11.6 Å². The lowest BCUT2D eigenvalue weighted by atomic mass is 9.76. The Labute approximate surface area is 216 Å². The summed E-state index contributed by atoms with van der Waals surface area (Å²) in [6, 6.07) is 0. The molecule has 0 fully saturated rings. The fourth-order valence-electron chi connectivity index (χ4n) is 2.79. The van der Waals surface area contributed by atoms with E-state index in [9.17, 15) is 114 Å². The van der Waals surface area contributed by atoms with Crippen molar-refractivity contribution in [3.05, 3.63) is 11.4 Å². The summed E-state index contributed by atoms with van der Waals surface area (Å²) in [6.07, 6.45) is -42.5. The number of hydrogen-bond acceptors (Lipinski definition) is 0. The maximum atomic E-state index is 14.3. The van der Waals surface area contributed by atoms with Gasteiger partial charge in [0.05, 0.1) is 5.03 Å². The molecular formula is C15H3ClF26. The molecule has 27 heteroatoms. The van der Waals surface area contributed by atoms with E-state index in [2.05, 4.69) is 11.6 Å². The molecule has 3 unspecified atom stereocenters. The van der Waals surface area contributed by atoms with Gasteiger partial charge in [0.25, 0.3) is 6.43 Å². The van der Waals surface area contributed by atoms with Crippen LogP contribution < -0.4 is 0 Å². The van der Waals surface area contributed by atoms with Gasteiger partial charge in [0.15, 0.2) is 0 Å². The molecule has 0 saturated carbocycles. The zero-order valence-electron chi connectivity index (χ0n) is 17.9. The molecule has 42 heavy (non-hydrogen) atoms. The van der Waals surface area contributed by atoms with E-state index in [0.29, 0.717) is 0 Å². The molecule has 0 bridgehead atoms. The molecule has 0 aromatic rings. The zero-order chi connectivity index (χ0) is 34.9. The Morgan fingerprint density at radius 2 is 0.810 bits per heavy atom. The summed E-state index contributed by atoms with van der Waals surface area (Å²) in [5.41, 5.74) is -26.0. The summed E-state index contributed by atoms with van der Waals surface area (Å²) in [7, 11) is 0. The lowest BCUT2D eigenvalue weighted by Gasteiger charge is -2.47. The van der Waals surface area contributed by atoms with Gasteiger partial charge >= 0.3 is 65.1 Å². The van der Waals surface area contributed by atoms with Crippen LogP contribution in [0.2, 0.25) is 0 Å². The summed E-state index contributed by atoms with van der Waals surface area (Å²) in [4.78, 5) is 0. The molecule has 0 radical (unpaired) electrons. The lowest BCUT2D eigenvalue weighted by Crippen LogP contribution is -2.79. The van der Waals surface area contributed by atoms with Crippen molar-refractivity contribution in [3.63, 3.8) is 0 Å². The Kier molecular flexibility index (Phi) is 9.95. The Balaban J connectivity index is 7.76. The van der Waals surface area contributed by atoms with Gasteiger partial charge in [0.1, 0.15) is 6.33 Å². The molecule has 0 aromatic heterocycles. The Hall–Kier alpha value is -1.79. The number of allylic oxidation sites excluding steroid dienone is 1. The van der Waals surface area contributed by atoms with Crippen LogP contribution in [0, 0.1) is 0 Å². The average molecular weight is 713 g/mol. The van der Waals surface area contributed by atoms with E-state index < -0.39 is 89.1 Å². The van der Waals surface area contributed by atoms with Gasteiger partial charge in [-0.15, -0.1) is 0 Å². The lowest BCUT2D eigenvalue weighted by molar-refractivity contribution is -0.447. The number of rotatable bonds is 10. The van der Waals surface area contributed by atoms with Gasteiger partial charge < -0.3 is 0 Å². The van der Waals surface area contributed by atoms with Crippen molar-refractivity contribution in [2.45, 2.75) is 77.7 Å². The van der Waals surface area contributed by atoms with E-state index >= 15 is 0 Å². The minimum absolute atomic E-state index is 2.27. The van der Waals surface area contributed by atoms with Gasteiger partial charge in [0, 0.05) is 0 Å². The molecule has 0 aliphatic rings. The van der Waals surface area contributed by atoms with Crippen LogP contribution in [0.5, 0.6) is 0 Å². The van der Waals surface area contributed by atoms with Crippen LogP contribution in [0.15, 0.2) is 11.4 Å². The third kappa shape index (κ3) is 4.78. The maximum absolute atomic E-state index is 14.3. The van der Waals surface area contributed by atoms with Gasteiger partial charge in [-0.2, -0.15) is 83.4 Å². The third-order valence-electron chi connectivity index (χ3n) is 5.15. The molecule has 0 nitrogen and oxygen atoms in total. The van der Waals surface area contributed by atoms with Gasteiger partial charge in [-0.05, 0) is 0 Å². The first-order valence-electron chi connectivity index (χ1n) is 8.87. The normalized spacial score (nSPS) is 20.0. The van der Waals surface area contributed by atoms with Crippen LogP contribution in [0.3, 0.4) is 0 Å². The molecule has 0 spiro atoms. The maximum Gasteiger partial charge on any atom is 0.437 e. The smallest absolute Gasteiger partial charge is 0.234 e. The first-order valence-corrected chi connectivity index (χ1v) is 9.25. The summed E-state index contributed by atoms with van der Waals surface area (Å²) in [6.45, 7) is 0. The molecule has 0 aromatic carbocycles. The van der Waals surface area contributed by atoms with Crippen molar-refractivity contribution in [1.29, 1.82) is 0 Å². The molecule has 0 aliphatic heterocycles. The third-order valence-corrected chi connectivity index (χ3v) is 5.50. The van der Waals surface area contributed by atoms with Crippen LogP contribution in [-0.4, -0.2) is 77.7 Å². The van der Waals surface area contributed by atoms with E-state index in [1.807, 2.05) is 0 Å². The van der Waals surface area contributed by atoms with Crippen LogP contribution in [-0.2, 0) is 0 Å². The number of hydrogen-bond donors (Lipinski definition) is 0. The zero-order valence-corrected chi connectivity index (χ0v) is 18.7. The van der Waals surface area contributed by atoms with Gasteiger partial charge in [-0.1, -0.05) is 11.6 Å². The quantitative estimate of drug-likeness (QED) is 0.198. The van der Waals surface area contributed by atoms with Crippen LogP contribution in [0.25, 0.3) is 0 Å². The van der Waals surface area contributed by atoms with Crippen molar-refractivity contribution in [2.24, 2.45) is 0 Å². The van der Waals surface area contributed by atoms with Crippen LogP contribution in [0.4, 0.5) is 114 Å². The molecule has 252 valence electrons. The highest BCUT2D eigenvalue weighted by Crippen LogP contribution is 2.66. The Bertz CT molecular complexity index is 985. The fourth-order valence-corrected chi connectivity index (χ4v) is 3.02. The summed E-state index contributed by atoms with van der Waals surface area (Å²) in [5.74, 6) is -45.2. The minimum atomic E-state index is -9.37. The topological polar surface area (TPSA) is 0 Å². The standard InChI is InChI=1S/C15H3ClF26/c16-2(1-17)5(21,13(34,35)36)11(30,31)12(32,33)8(25,26)3(18)7(23,24)6(22,4(19)20)10(28,29)9(27,14(37,38)39)15(40,41)42/h1,3-4H. The van der Waals surface area contributed by atoms with E-state index in [1.54, 1.807) is 0 Å². The highest BCUT2D eigenvalue weighted by molar-refractivity contribution is 6.30. The first kappa shape index (κ1) is 40.2. The molecule has 0 amide bonds. The largest absolute Gasteiger partial charge is 0.437 e. The SMILES string of the molecule is FC=C(Cl)C(F)(C(F)(F)F)C(F)(F)C(F)(F)C(F)(F)C(F)C(F)(F)C(F)(C(F)F)C(F)(F)C(F)(C(F)(F)F)C(F)(F)F. The van der Waals surface area contributed by atoms with E-state index in [-0.39, 0.29) is 0 Å². The van der Waals surface area contributed by atoms with Gasteiger partial charge in [-0.3, -0.25) is 0 Å². The molecule has 0 heterocycles. The van der Waals surface area contributed by atoms with Crippen molar-refractivity contribution in [1.82, 2.24) is 0 Å². The average Bonchev–Trinajstić information content (AvgIpc) is 2.77. The summed E-state index contributed by atoms with van der Waals surface area (Å²) in [5, 5.41) is -3.96. The fraction of sp³-hybridized carbons (Fsp3) is 0.867. The van der Waals surface area contributed by atoms with Crippen molar-refractivity contribution in [2.75, 3.05) is 0 Å². The van der Waals surface area contributed by atoms with Crippen molar-refractivity contribution < 1.29 is 114 Å². The van der Waals surface area contributed by atoms with Crippen LogP contribution in [0.1, 0.15) is 0 Å². The minimum Gasteiger partial charge on any atom is -0.234 e. The second-order valence-corrected chi connectivity index (χ2v) is 8.02. The highest BCUT2D eigenvalue weighted by Gasteiger charge is 2.97. The molecule has 3 atom stereocenters. The number of alkyl halides is 25. The monoisotopic (exact) mass is 712 g/mol. The van der Waals surface area contributed by atoms with Crippen molar-refractivity contribution >= 4 is 11.6 Å². The Morgan fingerprint density at radius 3 is 1.05 bits per heavy atom. The van der Waals surface area contributed by atoms with Gasteiger partial charge in [-0.25, -0.2) is 30.7 Å². The predicted octanol–water partition coefficient (Wildman–Crippen LogP) is 9.63. The number of halogens is 27. The van der Waals surface area contributed by atoms with E-state index in [4.69, 9.17) is 0 Å². The molecule has 0 aliphatic carbocycles. The van der Waals surface area contributed by atoms with E-state index in [0.717, 1.165) is 0 Å². The highest BCUT2D eigenvalue weighted by atomic mass is 35.5. The Morgan fingerprint density at radius 1 is 0.476 bits per heavy atom. The summed E-state index contributed by atoms with van der Waals surface area (Å²) >= 11 is 3.95. The molecular weight excluding hydrogens is 710 g/mol. The second kappa shape index (κ2) is 10.4. The predicted molar refractivity (Wildman–Crippen MR) is 80.4 cm³/mol.